The fourth-order valence-corrected chi connectivity index (χ4v) is 3.91. The lowest BCUT2D eigenvalue weighted by atomic mass is 9.86. The molecule has 2 aromatic rings. The number of carbonyl (C=O) groups is 1. The molecule has 1 N–H and O–H groups in total. The summed E-state index contributed by atoms with van der Waals surface area (Å²) < 4.78 is 33.6. The van der Waals surface area contributed by atoms with Crippen LogP contribution in [-0.2, 0) is 18.9 Å². The van der Waals surface area contributed by atoms with Gasteiger partial charge < -0.3 is 33.2 Å². The third kappa shape index (κ3) is 3.10. The summed E-state index contributed by atoms with van der Waals surface area (Å²) in [6.45, 7) is 5.47. The molecule has 9 nitrogen and oxygen atoms in total. The monoisotopic (exact) mass is 406 g/mol. The third-order valence-corrected chi connectivity index (χ3v) is 5.63. The van der Waals surface area contributed by atoms with Crippen molar-refractivity contribution < 1.29 is 38.0 Å². The number of hydrogen-bond donors (Lipinski definition) is 1. The van der Waals surface area contributed by atoms with E-state index in [2.05, 4.69) is 0 Å². The number of fused-ring (bicyclic) bond motifs is 2. The van der Waals surface area contributed by atoms with Crippen LogP contribution in [0.25, 0.3) is 11.0 Å². The van der Waals surface area contributed by atoms with Gasteiger partial charge in [0.25, 0.3) is 0 Å². The molecule has 5 atom stereocenters. The van der Waals surface area contributed by atoms with Crippen molar-refractivity contribution in [2.45, 2.75) is 57.4 Å². The molecule has 9 heteroatoms. The normalized spacial score (nSPS) is 31.2. The number of ether oxygens (including phenoxy) is 5. The Morgan fingerprint density at radius 3 is 2.62 bits per heavy atom. The third-order valence-electron chi connectivity index (χ3n) is 5.63. The summed E-state index contributed by atoms with van der Waals surface area (Å²) in [6.07, 6.45) is -3.27. The Hall–Kier alpha value is -2.78. The number of hydrogen-bond acceptors (Lipinski definition) is 9. The summed E-state index contributed by atoms with van der Waals surface area (Å²) in [5.41, 5.74) is -0.770. The van der Waals surface area contributed by atoms with Crippen LogP contribution in [-0.4, -0.2) is 48.6 Å². The molecule has 156 valence electrons. The Labute approximate surface area is 166 Å². The number of benzene rings is 1. The molecule has 4 rings (SSSR count). The largest absolute Gasteiger partial charge is 0.509 e. The lowest BCUT2D eigenvalue weighted by Crippen LogP contribution is -2.63. The first-order valence-electron chi connectivity index (χ1n) is 9.28. The molecule has 0 saturated carbocycles. The average molecular weight is 406 g/mol. The van der Waals surface area contributed by atoms with Crippen LogP contribution in [0.2, 0.25) is 0 Å². The van der Waals surface area contributed by atoms with Gasteiger partial charge in [-0.3, -0.25) is 0 Å². The van der Waals surface area contributed by atoms with Crippen LogP contribution in [0.5, 0.6) is 11.5 Å². The van der Waals surface area contributed by atoms with Crippen molar-refractivity contribution in [1.82, 2.24) is 0 Å². The molecule has 0 bridgehead atoms. The molecule has 2 aliphatic heterocycles. The van der Waals surface area contributed by atoms with E-state index in [1.807, 2.05) is 13.8 Å². The van der Waals surface area contributed by atoms with Crippen LogP contribution in [0.1, 0.15) is 25.8 Å². The molecule has 29 heavy (non-hydrogen) atoms. The number of rotatable bonds is 4. The van der Waals surface area contributed by atoms with Crippen LogP contribution in [0.3, 0.4) is 0 Å². The van der Waals surface area contributed by atoms with Crippen LogP contribution < -0.4 is 10.4 Å². The molecule has 4 unspecified atom stereocenters. The SMILES string of the molecule is CC[C@]1(C)OC(Oc2ccc3c(O)cc(=O)oc3c2C)C2OC(=O)OC2C1OC. The fraction of sp³-hybridized carbons (Fsp3) is 0.500. The van der Waals surface area contributed by atoms with Gasteiger partial charge >= 0.3 is 11.8 Å². The molecule has 0 spiro atoms. The summed E-state index contributed by atoms with van der Waals surface area (Å²) >= 11 is 0. The van der Waals surface area contributed by atoms with Gasteiger partial charge in [-0.25, -0.2) is 9.59 Å². The molecule has 2 aliphatic rings. The van der Waals surface area contributed by atoms with Gasteiger partial charge in [0.05, 0.1) is 17.1 Å². The molecule has 3 heterocycles. The molecule has 1 aromatic carbocycles. The maximum absolute atomic E-state index is 11.8. The van der Waals surface area contributed by atoms with Gasteiger partial charge in [0.15, 0.2) is 6.10 Å². The second kappa shape index (κ2) is 6.93. The molecule has 2 saturated heterocycles. The van der Waals surface area contributed by atoms with E-state index in [1.165, 1.54) is 7.11 Å². The first-order chi connectivity index (χ1) is 13.8. The van der Waals surface area contributed by atoms with Gasteiger partial charge in [0, 0.05) is 12.7 Å². The van der Waals surface area contributed by atoms with Crippen molar-refractivity contribution in [3.8, 4) is 11.5 Å². The van der Waals surface area contributed by atoms with Crippen molar-refractivity contribution in [2.75, 3.05) is 7.11 Å². The summed E-state index contributed by atoms with van der Waals surface area (Å²) in [5, 5.41) is 10.4. The van der Waals surface area contributed by atoms with E-state index in [4.69, 9.17) is 28.1 Å². The minimum atomic E-state index is -0.969. The second-order valence-electron chi connectivity index (χ2n) is 7.36. The van der Waals surface area contributed by atoms with Crippen molar-refractivity contribution in [2.24, 2.45) is 0 Å². The molecular formula is C20H22O9. The topological polar surface area (TPSA) is 114 Å². The zero-order chi connectivity index (χ0) is 20.9. The van der Waals surface area contributed by atoms with Crippen LogP contribution >= 0.6 is 0 Å². The summed E-state index contributed by atoms with van der Waals surface area (Å²) in [7, 11) is 1.52. The Morgan fingerprint density at radius 2 is 1.93 bits per heavy atom. The van der Waals surface area contributed by atoms with E-state index >= 15 is 0 Å². The average Bonchev–Trinajstić information content (AvgIpc) is 3.05. The van der Waals surface area contributed by atoms with Crippen LogP contribution in [0.4, 0.5) is 4.79 Å². The number of carbonyl (C=O) groups excluding carboxylic acids is 1. The zero-order valence-corrected chi connectivity index (χ0v) is 16.5. The van der Waals surface area contributed by atoms with Crippen molar-refractivity contribution in [1.29, 1.82) is 0 Å². The molecule has 2 fully saturated rings. The van der Waals surface area contributed by atoms with Crippen molar-refractivity contribution >= 4 is 17.1 Å². The van der Waals surface area contributed by atoms with Crippen LogP contribution in [0, 0.1) is 6.92 Å². The molecule has 0 amide bonds. The lowest BCUT2D eigenvalue weighted by molar-refractivity contribution is -0.289. The van der Waals surface area contributed by atoms with Gasteiger partial charge in [0.1, 0.15) is 23.2 Å². The van der Waals surface area contributed by atoms with Gasteiger partial charge in [-0.1, -0.05) is 6.92 Å². The van der Waals surface area contributed by atoms with Crippen molar-refractivity contribution in [3.63, 3.8) is 0 Å². The first kappa shape index (κ1) is 19.5. The van der Waals surface area contributed by atoms with E-state index in [0.717, 1.165) is 6.07 Å². The number of aromatic hydroxyl groups is 1. The second-order valence-corrected chi connectivity index (χ2v) is 7.36. The highest BCUT2D eigenvalue weighted by Gasteiger charge is 2.59. The highest BCUT2D eigenvalue weighted by molar-refractivity contribution is 5.87. The van der Waals surface area contributed by atoms with E-state index in [0.29, 0.717) is 23.1 Å². The van der Waals surface area contributed by atoms with E-state index < -0.39 is 42.0 Å². The maximum atomic E-state index is 11.8. The highest BCUT2D eigenvalue weighted by Crippen LogP contribution is 2.41. The maximum Gasteiger partial charge on any atom is 0.509 e. The van der Waals surface area contributed by atoms with E-state index in [9.17, 15) is 14.7 Å². The molecule has 0 radical (unpaired) electrons. The van der Waals surface area contributed by atoms with Gasteiger partial charge in [-0.2, -0.15) is 0 Å². The predicted molar refractivity (Wildman–Crippen MR) is 99.0 cm³/mol. The first-order valence-corrected chi connectivity index (χ1v) is 9.28. The van der Waals surface area contributed by atoms with Crippen LogP contribution in [0.15, 0.2) is 27.4 Å². The number of aryl methyl sites for hydroxylation is 1. The lowest BCUT2D eigenvalue weighted by Gasteiger charge is -2.46. The highest BCUT2D eigenvalue weighted by atomic mass is 16.8. The quantitative estimate of drug-likeness (QED) is 0.604. The molecule has 1 aromatic heterocycles. The smallest absolute Gasteiger partial charge is 0.507 e. The Morgan fingerprint density at radius 1 is 1.21 bits per heavy atom. The standard InChI is InChI=1S/C20H22O9/c1-5-20(3)17(24-4)15-16(28-19(23)27-15)18(29-20)25-12-7-6-10-11(21)8-13(22)26-14(10)9(12)2/h6-8,15-18,21H,5H2,1-4H3/t15?,16?,17?,18?,20-/m0/s1. The summed E-state index contributed by atoms with van der Waals surface area (Å²) in [4.78, 5) is 23.5. The Balaban J connectivity index is 1.72. The van der Waals surface area contributed by atoms with Gasteiger partial charge in [0.2, 0.25) is 12.4 Å². The molecular weight excluding hydrogens is 384 g/mol. The molecule has 0 aliphatic carbocycles. The number of methoxy groups -OCH3 is 1. The van der Waals surface area contributed by atoms with Gasteiger partial charge in [-0.15, -0.1) is 0 Å². The zero-order valence-electron chi connectivity index (χ0n) is 16.5. The van der Waals surface area contributed by atoms with Crippen molar-refractivity contribution in [3.05, 3.63) is 34.2 Å². The Bertz CT molecular complexity index is 1010. The predicted octanol–water partition coefficient (Wildman–Crippen LogP) is 2.63. The summed E-state index contributed by atoms with van der Waals surface area (Å²) in [5.74, 6) is 0.173. The fourth-order valence-electron chi connectivity index (χ4n) is 3.91. The summed E-state index contributed by atoms with van der Waals surface area (Å²) in [6, 6.07) is 4.20. The van der Waals surface area contributed by atoms with Gasteiger partial charge in [-0.05, 0) is 32.4 Å². The van der Waals surface area contributed by atoms with E-state index in [1.54, 1.807) is 19.1 Å². The minimum Gasteiger partial charge on any atom is -0.507 e. The Kier molecular flexibility index (Phi) is 4.66. The van der Waals surface area contributed by atoms with E-state index in [-0.39, 0.29) is 11.3 Å². The minimum absolute atomic E-state index is 0.181.